The quantitative estimate of drug-likeness (QED) is 0.419. The number of rotatable bonds is 6. The van der Waals surface area contributed by atoms with Gasteiger partial charge >= 0.3 is 5.91 Å². The predicted octanol–water partition coefficient (Wildman–Crippen LogP) is 4.67. The minimum atomic E-state index is -0.143. The van der Waals surface area contributed by atoms with Gasteiger partial charge in [-0.15, -0.1) is 0 Å². The van der Waals surface area contributed by atoms with Gasteiger partial charge in [-0.25, -0.2) is 10.1 Å². The summed E-state index contributed by atoms with van der Waals surface area (Å²) in [6.45, 7) is 6.87. The maximum absolute atomic E-state index is 12.3. The summed E-state index contributed by atoms with van der Waals surface area (Å²) in [5.41, 5.74) is 6.26. The van der Waals surface area contributed by atoms with Crippen LogP contribution in [-0.2, 0) is 17.8 Å². The minimum absolute atomic E-state index is 0.143. The van der Waals surface area contributed by atoms with Gasteiger partial charge in [0.15, 0.2) is 11.5 Å². The largest absolute Gasteiger partial charge is 0.496 e. The average molecular weight is 472 g/mol. The molecule has 6 nitrogen and oxygen atoms in total. The van der Waals surface area contributed by atoms with Crippen molar-refractivity contribution >= 4 is 17.8 Å². The Balaban J connectivity index is 1.86. The first-order valence-corrected chi connectivity index (χ1v) is 11.5. The van der Waals surface area contributed by atoms with Gasteiger partial charge in [-0.3, -0.25) is 4.58 Å². The van der Waals surface area contributed by atoms with Crippen molar-refractivity contribution in [3.8, 4) is 28.4 Å². The Hall–Kier alpha value is -4.06. The third-order valence-electron chi connectivity index (χ3n) is 6.26. The maximum atomic E-state index is 12.3. The Morgan fingerprint density at radius 1 is 0.943 bits per heavy atom. The van der Waals surface area contributed by atoms with Gasteiger partial charge in [0.2, 0.25) is 0 Å². The van der Waals surface area contributed by atoms with E-state index < -0.39 is 0 Å². The molecule has 6 heteroatoms. The number of hydrogen-bond acceptors (Lipinski definition) is 4. The van der Waals surface area contributed by atoms with Gasteiger partial charge in [0, 0.05) is 25.0 Å². The molecule has 0 radical (unpaired) electrons. The Bertz CT molecular complexity index is 1300. The Morgan fingerprint density at radius 3 is 2.26 bits per heavy atom. The van der Waals surface area contributed by atoms with Crippen LogP contribution in [0.4, 0.5) is 0 Å². The fourth-order valence-electron chi connectivity index (χ4n) is 4.54. The Kier molecular flexibility index (Phi) is 7.20. The summed E-state index contributed by atoms with van der Waals surface area (Å²) in [7, 11) is 4.91. The molecule has 1 heterocycles. The van der Waals surface area contributed by atoms with Gasteiger partial charge in [-0.2, -0.15) is 0 Å². The molecule has 1 aliphatic rings. The van der Waals surface area contributed by atoms with Crippen molar-refractivity contribution < 1.29 is 23.6 Å². The van der Waals surface area contributed by atoms with E-state index in [1.807, 2.05) is 30.3 Å². The lowest BCUT2D eigenvalue weighted by atomic mass is 9.94. The first-order valence-electron chi connectivity index (χ1n) is 11.5. The van der Waals surface area contributed by atoms with Crippen LogP contribution in [0.2, 0.25) is 0 Å². The molecule has 180 valence electrons. The van der Waals surface area contributed by atoms with E-state index in [9.17, 15) is 4.79 Å². The Morgan fingerprint density at radius 2 is 1.63 bits per heavy atom. The van der Waals surface area contributed by atoms with E-state index in [1.165, 1.54) is 18.1 Å². The van der Waals surface area contributed by atoms with Crippen LogP contribution in [0.5, 0.6) is 17.2 Å². The van der Waals surface area contributed by atoms with E-state index in [0.717, 1.165) is 46.8 Å². The number of carbonyl (C=O) groups excluding carboxylic acids is 1. The molecule has 1 N–H and O–H groups in total. The molecular weight excluding hydrogens is 440 g/mol. The van der Waals surface area contributed by atoms with Crippen molar-refractivity contribution in [3.05, 3.63) is 83.4 Å². The van der Waals surface area contributed by atoms with Crippen molar-refractivity contribution in [2.45, 2.75) is 19.9 Å². The number of amides is 1. The molecule has 0 aliphatic carbocycles. The SMILES string of the molecule is C=Cc1cc(OC)c(OC)cc1C(NC(C)=O)=[N+]1CCc2cc(OC)c(-c3ccccc3)cc2C1. The molecule has 35 heavy (non-hydrogen) atoms. The summed E-state index contributed by atoms with van der Waals surface area (Å²) in [5, 5.41) is 3.06. The van der Waals surface area contributed by atoms with Gasteiger partial charge in [0.25, 0.3) is 5.84 Å². The molecule has 0 aromatic heterocycles. The zero-order chi connectivity index (χ0) is 24.9. The second-order valence-electron chi connectivity index (χ2n) is 8.39. The molecule has 1 amide bonds. The summed E-state index contributed by atoms with van der Waals surface area (Å²) in [6.07, 6.45) is 2.58. The van der Waals surface area contributed by atoms with Crippen LogP contribution in [0.3, 0.4) is 0 Å². The molecule has 0 fully saturated rings. The summed E-state index contributed by atoms with van der Waals surface area (Å²) in [4.78, 5) is 12.3. The topological polar surface area (TPSA) is 59.8 Å². The zero-order valence-electron chi connectivity index (χ0n) is 20.7. The van der Waals surface area contributed by atoms with E-state index in [4.69, 9.17) is 14.2 Å². The molecule has 0 atom stereocenters. The fraction of sp³-hybridized carbons (Fsp3) is 0.241. The normalized spacial score (nSPS) is 13.9. The van der Waals surface area contributed by atoms with E-state index in [0.29, 0.717) is 18.0 Å². The van der Waals surface area contributed by atoms with Crippen LogP contribution < -0.4 is 19.5 Å². The van der Waals surface area contributed by atoms with Crippen LogP contribution in [0.1, 0.15) is 29.2 Å². The lowest BCUT2D eigenvalue weighted by Crippen LogP contribution is -2.40. The number of fused-ring (bicyclic) bond motifs is 1. The van der Waals surface area contributed by atoms with E-state index in [1.54, 1.807) is 27.4 Å². The van der Waals surface area contributed by atoms with Crippen molar-refractivity contribution in [3.63, 3.8) is 0 Å². The lowest BCUT2D eigenvalue weighted by molar-refractivity contribution is -0.548. The molecule has 0 spiro atoms. The predicted molar refractivity (Wildman–Crippen MR) is 139 cm³/mol. The van der Waals surface area contributed by atoms with Crippen LogP contribution in [0, 0.1) is 0 Å². The summed E-state index contributed by atoms with van der Waals surface area (Å²) in [6, 6.07) is 18.3. The molecular formula is C29H31N2O4+. The number of methoxy groups -OCH3 is 3. The van der Waals surface area contributed by atoms with Crippen molar-refractivity contribution in [2.75, 3.05) is 27.9 Å². The van der Waals surface area contributed by atoms with Gasteiger partial charge in [-0.05, 0) is 40.5 Å². The number of ether oxygens (including phenoxy) is 3. The molecule has 3 aromatic carbocycles. The van der Waals surface area contributed by atoms with E-state index in [-0.39, 0.29) is 5.91 Å². The second kappa shape index (κ2) is 10.5. The number of amidine groups is 1. The molecule has 4 rings (SSSR count). The molecule has 1 aliphatic heterocycles. The number of nitrogens with one attached hydrogen (secondary N) is 1. The van der Waals surface area contributed by atoms with Crippen LogP contribution in [0.15, 0.2) is 61.2 Å². The van der Waals surface area contributed by atoms with Gasteiger partial charge < -0.3 is 14.2 Å². The average Bonchev–Trinajstić information content (AvgIpc) is 2.90. The van der Waals surface area contributed by atoms with Crippen LogP contribution in [-0.4, -0.2) is 44.2 Å². The number of nitrogens with zero attached hydrogens (tertiary/aromatic N) is 1. The van der Waals surface area contributed by atoms with Crippen molar-refractivity contribution in [1.29, 1.82) is 0 Å². The minimum Gasteiger partial charge on any atom is -0.496 e. The summed E-state index contributed by atoms with van der Waals surface area (Å²) in [5.74, 6) is 2.64. The fourth-order valence-corrected chi connectivity index (χ4v) is 4.54. The van der Waals surface area contributed by atoms with E-state index in [2.05, 4.69) is 40.7 Å². The van der Waals surface area contributed by atoms with Crippen LogP contribution >= 0.6 is 0 Å². The highest BCUT2D eigenvalue weighted by molar-refractivity contribution is 6.07. The van der Waals surface area contributed by atoms with Gasteiger partial charge in [0.05, 0.1) is 33.4 Å². The standard InChI is InChI=1S/C29H30N2O4/c1-6-20-15-27(34-4)28(35-5)17-25(20)29(30-19(2)32)31-13-12-22-16-26(33-3)24(14-23(22)18-31)21-10-8-7-9-11-21/h6-11,14-17H,1,12-13,18H2,2-5H3/p+1. The van der Waals surface area contributed by atoms with Gasteiger partial charge in [0.1, 0.15) is 12.3 Å². The summed E-state index contributed by atoms with van der Waals surface area (Å²) >= 11 is 0. The maximum Gasteiger partial charge on any atom is 0.304 e. The molecule has 0 bridgehead atoms. The Labute approximate surface area is 206 Å². The number of benzene rings is 3. The van der Waals surface area contributed by atoms with Crippen molar-refractivity contribution in [1.82, 2.24) is 5.32 Å². The van der Waals surface area contributed by atoms with E-state index >= 15 is 0 Å². The molecule has 0 saturated heterocycles. The third kappa shape index (κ3) is 4.92. The highest BCUT2D eigenvalue weighted by Gasteiger charge is 2.27. The zero-order valence-corrected chi connectivity index (χ0v) is 20.7. The second-order valence-corrected chi connectivity index (χ2v) is 8.39. The first kappa shape index (κ1) is 24.1. The molecule has 3 aromatic rings. The highest BCUT2D eigenvalue weighted by atomic mass is 16.5. The number of hydrogen-bond donors (Lipinski definition) is 1. The monoisotopic (exact) mass is 471 g/mol. The van der Waals surface area contributed by atoms with Crippen LogP contribution in [0.25, 0.3) is 17.2 Å². The highest BCUT2D eigenvalue weighted by Crippen LogP contribution is 2.35. The first-order chi connectivity index (χ1) is 17.0. The lowest BCUT2D eigenvalue weighted by Gasteiger charge is -2.23. The third-order valence-corrected chi connectivity index (χ3v) is 6.26. The summed E-state index contributed by atoms with van der Waals surface area (Å²) < 4.78 is 18.9. The van der Waals surface area contributed by atoms with Crippen molar-refractivity contribution in [2.24, 2.45) is 0 Å². The van der Waals surface area contributed by atoms with Gasteiger partial charge in [-0.1, -0.05) is 43.0 Å². The number of carbonyl (C=O) groups is 1. The molecule has 0 saturated carbocycles. The molecule has 0 unspecified atom stereocenters. The smallest absolute Gasteiger partial charge is 0.304 e.